The molecule has 2 heteroatoms. The van der Waals surface area contributed by atoms with Crippen molar-refractivity contribution in [1.82, 2.24) is 0 Å². The summed E-state index contributed by atoms with van der Waals surface area (Å²) < 4.78 is 5.10. The number of rotatable bonds is 3. The van der Waals surface area contributed by atoms with Gasteiger partial charge in [0.15, 0.2) is 0 Å². The highest BCUT2D eigenvalue weighted by molar-refractivity contribution is 5.74. The van der Waals surface area contributed by atoms with Crippen LogP contribution in [0.4, 0.5) is 0 Å². The summed E-state index contributed by atoms with van der Waals surface area (Å²) in [6.07, 6.45) is 0. The molecule has 0 aromatic heterocycles. The third kappa shape index (κ3) is 2.75. The molecule has 2 nitrogen and oxygen atoms in total. The maximum atomic E-state index is 10.1. The van der Waals surface area contributed by atoms with Crippen molar-refractivity contribution in [3.8, 4) is 33.8 Å². The van der Waals surface area contributed by atoms with Crippen LogP contribution < -0.4 is 4.74 Å². The number of ether oxygens (including phenoxy) is 1. The molecular weight excluding hydrogens is 260 g/mol. The van der Waals surface area contributed by atoms with E-state index in [0.717, 1.165) is 16.7 Å². The van der Waals surface area contributed by atoms with E-state index in [4.69, 9.17) is 4.74 Å². The van der Waals surface area contributed by atoms with Gasteiger partial charge in [0.05, 0.1) is 7.11 Å². The molecule has 3 aromatic carbocycles. The van der Waals surface area contributed by atoms with Gasteiger partial charge in [-0.2, -0.15) is 0 Å². The van der Waals surface area contributed by atoms with Crippen LogP contribution in [0, 0.1) is 0 Å². The summed E-state index contributed by atoms with van der Waals surface area (Å²) in [6, 6.07) is 23.7. The van der Waals surface area contributed by atoms with E-state index in [0.29, 0.717) is 5.75 Å². The molecule has 0 amide bonds. The number of aromatic hydroxyl groups is 1. The Morgan fingerprint density at radius 2 is 1.33 bits per heavy atom. The van der Waals surface area contributed by atoms with Gasteiger partial charge in [0.2, 0.25) is 0 Å². The zero-order chi connectivity index (χ0) is 14.7. The van der Waals surface area contributed by atoms with Crippen molar-refractivity contribution >= 4 is 0 Å². The van der Waals surface area contributed by atoms with Gasteiger partial charge in [-0.05, 0) is 28.8 Å². The Balaban J connectivity index is 1.94. The summed E-state index contributed by atoms with van der Waals surface area (Å²) in [7, 11) is 1.59. The lowest BCUT2D eigenvalue weighted by atomic mass is 10.00. The smallest absolute Gasteiger partial charge is 0.127 e. The average molecular weight is 276 g/mol. The SMILES string of the molecule is COc1ccc(-c2ccc(-c3ccccc3)cc2)c(O)c1. The summed E-state index contributed by atoms with van der Waals surface area (Å²) in [5.41, 5.74) is 4.13. The Morgan fingerprint density at radius 1 is 0.714 bits per heavy atom. The van der Waals surface area contributed by atoms with E-state index in [9.17, 15) is 5.11 Å². The molecule has 3 rings (SSSR count). The Labute approximate surface area is 124 Å². The fourth-order valence-electron chi connectivity index (χ4n) is 2.36. The Morgan fingerprint density at radius 3 is 1.95 bits per heavy atom. The van der Waals surface area contributed by atoms with Crippen LogP contribution in [-0.2, 0) is 0 Å². The summed E-state index contributed by atoms with van der Waals surface area (Å²) in [5.74, 6) is 0.874. The first-order chi connectivity index (χ1) is 10.3. The van der Waals surface area contributed by atoms with E-state index in [2.05, 4.69) is 24.3 Å². The van der Waals surface area contributed by atoms with Crippen molar-refractivity contribution in [3.05, 3.63) is 72.8 Å². The number of phenols is 1. The van der Waals surface area contributed by atoms with Gasteiger partial charge in [0.25, 0.3) is 0 Å². The molecule has 0 radical (unpaired) electrons. The molecule has 0 saturated carbocycles. The Hall–Kier alpha value is -2.74. The number of benzene rings is 3. The van der Waals surface area contributed by atoms with Gasteiger partial charge in [-0.25, -0.2) is 0 Å². The van der Waals surface area contributed by atoms with Crippen molar-refractivity contribution in [2.24, 2.45) is 0 Å². The first-order valence-corrected chi connectivity index (χ1v) is 6.81. The second-order valence-electron chi connectivity index (χ2n) is 4.83. The number of hydrogen-bond acceptors (Lipinski definition) is 2. The molecule has 0 fully saturated rings. The molecule has 104 valence electrons. The molecular formula is C19H16O2. The zero-order valence-corrected chi connectivity index (χ0v) is 11.8. The number of methoxy groups -OCH3 is 1. The molecule has 0 atom stereocenters. The highest BCUT2D eigenvalue weighted by Gasteiger charge is 2.06. The maximum absolute atomic E-state index is 10.1. The van der Waals surface area contributed by atoms with Gasteiger partial charge >= 0.3 is 0 Å². The third-order valence-electron chi connectivity index (χ3n) is 3.51. The lowest BCUT2D eigenvalue weighted by molar-refractivity contribution is 0.408. The quantitative estimate of drug-likeness (QED) is 0.749. The molecule has 0 aliphatic heterocycles. The van der Waals surface area contributed by atoms with Crippen LogP contribution in [-0.4, -0.2) is 12.2 Å². The maximum Gasteiger partial charge on any atom is 0.127 e. The van der Waals surface area contributed by atoms with Gasteiger partial charge in [0.1, 0.15) is 11.5 Å². The molecule has 0 heterocycles. The molecule has 0 aliphatic carbocycles. The average Bonchev–Trinajstić information content (AvgIpc) is 2.56. The van der Waals surface area contributed by atoms with Gasteiger partial charge in [-0.3, -0.25) is 0 Å². The summed E-state index contributed by atoms with van der Waals surface area (Å²) in [4.78, 5) is 0. The second-order valence-corrected chi connectivity index (χ2v) is 4.83. The van der Waals surface area contributed by atoms with E-state index in [1.807, 2.05) is 42.5 Å². The van der Waals surface area contributed by atoms with Crippen LogP contribution in [0.2, 0.25) is 0 Å². The largest absolute Gasteiger partial charge is 0.507 e. The molecule has 3 aromatic rings. The molecule has 0 saturated heterocycles. The highest BCUT2D eigenvalue weighted by Crippen LogP contribution is 2.33. The van der Waals surface area contributed by atoms with Gasteiger partial charge < -0.3 is 9.84 Å². The van der Waals surface area contributed by atoms with Crippen LogP contribution in [0.1, 0.15) is 0 Å². The lowest BCUT2D eigenvalue weighted by Crippen LogP contribution is -1.85. The summed E-state index contributed by atoms with van der Waals surface area (Å²) in [6.45, 7) is 0. The van der Waals surface area contributed by atoms with E-state index in [1.165, 1.54) is 5.56 Å². The standard InChI is InChI=1S/C19H16O2/c1-21-17-11-12-18(19(20)13-17)16-9-7-15(8-10-16)14-5-3-2-4-6-14/h2-13,20H,1H3. The lowest BCUT2D eigenvalue weighted by Gasteiger charge is -2.08. The first kappa shape index (κ1) is 13.3. The highest BCUT2D eigenvalue weighted by atomic mass is 16.5. The summed E-state index contributed by atoms with van der Waals surface area (Å²) >= 11 is 0. The number of phenolic OH excluding ortho intramolecular Hbond substituents is 1. The van der Waals surface area contributed by atoms with E-state index in [-0.39, 0.29) is 5.75 Å². The van der Waals surface area contributed by atoms with Crippen LogP contribution in [0.15, 0.2) is 72.8 Å². The molecule has 0 aliphatic rings. The van der Waals surface area contributed by atoms with Crippen molar-refractivity contribution in [2.75, 3.05) is 7.11 Å². The van der Waals surface area contributed by atoms with Crippen molar-refractivity contribution < 1.29 is 9.84 Å². The first-order valence-electron chi connectivity index (χ1n) is 6.81. The molecule has 1 N–H and O–H groups in total. The van der Waals surface area contributed by atoms with Crippen molar-refractivity contribution in [1.29, 1.82) is 0 Å². The van der Waals surface area contributed by atoms with E-state index < -0.39 is 0 Å². The molecule has 0 spiro atoms. The van der Waals surface area contributed by atoms with Crippen molar-refractivity contribution in [3.63, 3.8) is 0 Å². The predicted molar refractivity (Wildman–Crippen MR) is 85.5 cm³/mol. The Bertz CT molecular complexity index is 731. The minimum atomic E-state index is 0.224. The van der Waals surface area contributed by atoms with Gasteiger partial charge in [-0.15, -0.1) is 0 Å². The van der Waals surface area contributed by atoms with Crippen LogP contribution >= 0.6 is 0 Å². The predicted octanol–water partition coefficient (Wildman–Crippen LogP) is 4.73. The minimum Gasteiger partial charge on any atom is -0.507 e. The number of hydrogen-bond donors (Lipinski definition) is 1. The monoisotopic (exact) mass is 276 g/mol. The minimum absolute atomic E-state index is 0.224. The molecule has 0 bridgehead atoms. The topological polar surface area (TPSA) is 29.5 Å². The molecule has 21 heavy (non-hydrogen) atoms. The van der Waals surface area contributed by atoms with Crippen LogP contribution in [0.25, 0.3) is 22.3 Å². The fourth-order valence-corrected chi connectivity index (χ4v) is 2.36. The van der Waals surface area contributed by atoms with Crippen molar-refractivity contribution in [2.45, 2.75) is 0 Å². The van der Waals surface area contributed by atoms with E-state index in [1.54, 1.807) is 13.2 Å². The summed E-state index contributed by atoms with van der Waals surface area (Å²) in [5, 5.41) is 10.1. The van der Waals surface area contributed by atoms with Gasteiger partial charge in [0, 0.05) is 11.6 Å². The van der Waals surface area contributed by atoms with Crippen LogP contribution in [0.3, 0.4) is 0 Å². The molecule has 0 unspecified atom stereocenters. The third-order valence-corrected chi connectivity index (χ3v) is 3.51. The van der Waals surface area contributed by atoms with Gasteiger partial charge in [-0.1, -0.05) is 54.6 Å². The Kier molecular flexibility index (Phi) is 3.61. The zero-order valence-electron chi connectivity index (χ0n) is 11.8. The van der Waals surface area contributed by atoms with Crippen LogP contribution in [0.5, 0.6) is 11.5 Å². The normalized spacial score (nSPS) is 10.3. The second kappa shape index (κ2) is 5.71. The van der Waals surface area contributed by atoms with E-state index >= 15 is 0 Å². The fraction of sp³-hybridized carbons (Fsp3) is 0.0526.